The molecule has 0 aliphatic rings. The summed E-state index contributed by atoms with van der Waals surface area (Å²) in [4.78, 5) is 0. The summed E-state index contributed by atoms with van der Waals surface area (Å²) in [7, 11) is 1.92. The van der Waals surface area contributed by atoms with Crippen molar-refractivity contribution in [3.05, 3.63) is 71.3 Å². The van der Waals surface area contributed by atoms with Crippen molar-refractivity contribution in [1.29, 1.82) is 0 Å². The summed E-state index contributed by atoms with van der Waals surface area (Å²) < 4.78 is 20.4. The lowest BCUT2D eigenvalue weighted by Crippen LogP contribution is -2.04. The number of aryl methyl sites for hydroxylation is 1. The Kier molecular flexibility index (Phi) is 5.15. The number of rotatable bonds is 6. The first-order valence-electron chi connectivity index (χ1n) is 7.57. The molecule has 0 aliphatic carbocycles. The predicted octanol–water partition coefficient (Wildman–Crippen LogP) is 4.13. The zero-order chi connectivity index (χ0) is 16.9. The van der Waals surface area contributed by atoms with Crippen LogP contribution < -0.4 is 4.74 Å². The highest BCUT2D eigenvalue weighted by Crippen LogP contribution is 2.23. The fourth-order valence-corrected chi connectivity index (χ4v) is 3.20. The van der Waals surface area contributed by atoms with Gasteiger partial charge in [0, 0.05) is 12.8 Å². The van der Waals surface area contributed by atoms with E-state index in [1.807, 2.05) is 23.7 Å². The normalized spacial score (nSPS) is 10.8. The molecule has 4 nitrogen and oxygen atoms in total. The molecule has 1 heterocycles. The van der Waals surface area contributed by atoms with E-state index in [9.17, 15) is 4.39 Å². The molecule has 0 saturated carbocycles. The fraction of sp³-hybridized carbons (Fsp3) is 0.222. The molecule has 0 bridgehead atoms. The minimum Gasteiger partial charge on any atom is -0.486 e. The number of halogens is 1. The van der Waals surface area contributed by atoms with Gasteiger partial charge in [-0.15, -0.1) is 10.2 Å². The summed E-state index contributed by atoms with van der Waals surface area (Å²) in [5.74, 6) is 1.90. The molecule has 2 aromatic carbocycles. The summed E-state index contributed by atoms with van der Waals surface area (Å²) in [6.45, 7) is 2.40. The molecule has 0 atom stereocenters. The van der Waals surface area contributed by atoms with Crippen molar-refractivity contribution >= 4 is 11.8 Å². The minimum atomic E-state index is -0.282. The first kappa shape index (κ1) is 16.5. The number of benzene rings is 2. The first-order chi connectivity index (χ1) is 11.6. The number of hydrogen-bond donors (Lipinski definition) is 0. The van der Waals surface area contributed by atoms with Crippen molar-refractivity contribution in [2.24, 2.45) is 7.05 Å². The second-order valence-electron chi connectivity index (χ2n) is 5.42. The SMILES string of the molecule is Cc1ccccc1CSc1nnc(COc2ccc(F)cc2)n1C. The van der Waals surface area contributed by atoms with Gasteiger partial charge in [-0.2, -0.15) is 0 Å². The van der Waals surface area contributed by atoms with E-state index in [0.717, 1.165) is 16.7 Å². The van der Waals surface area contributed by atoms with Crippen molar-refractivity contribution in [3.63, 3.8) is 0 Å². The number of nitrogens with zero attached hydrogens (tertiary/aromatic N) is 3. The number of aromatic nitrogens is 3. The Hall–Kier alpha value is -2.34. The second kappa shape index (κ2) is 7.49. The molecule has 0 saturated heterocycles. The van der Waals surface area contributed by atoms with Crippen LogP contribution in [0, 0.1) is 12.7 Å². The number of hydrogen-bond acceptors (Lipinski definition) is 4. The molecule has 0 spiro atoms. The van der Waals surface area contributed by atoms with Crippen LogP contribution in [0.5, 0.6) is 5.75 Å². The highest BCUT2D eigenvalue weighted by atomic mass is 32.2. The summed E-state index contributed by atoms with van der Waals surface area (Å²) >= 11 is 1.64. The molecular formula is C18H18FN3OS. The van der Waals surface area contributed by atoms with E-state index in [0.29, 0.717) is 12.4 Å². The van der Waals surface area contributed by atoms with Crippen molar-refractivity contribution in [3.8, 4) is 5.75 Å². The Balaban J connectivity index is 1.61. The lowest BCUT2D eigenvalue weighted by molar-refractivity contribution is 0.290. The molecule has 0 N–H and O–H groups in total. The fourth-order valence-electron chi connectivity index (χ4n) is 2.19. The van der Waals surface area contributed by atoms with Crippen LogP contribution in [0.3, 0.4) is 0 Å². The summed E-state index contributed by atoms with van der Waals surface area (Å²) in [5, 5.41) is 9.24. The predicted molar refractivity (Wildman–Crippen MR) is 92.5 cm³/mol. The summed E-state index contributed by atoms with van der Waals surface area (Å²) in [6, 6.07) is 14.2. The van der Waals surface area contributed by atoms with Crippen molar-refractivity contribution in [2.75, 3.05) is 0 Å². The second-order valence-corrected chi connectivity index (χ2v) is 6.36. The average Bonchev–Trinajstić information content (AvgIpc) is 2.94. The van der Waals surface area contributed by atoms with Gasteiger partial charge in [0.25, 0.3) is 0 Å². The van der Waals surface area contributed by atoms with Crippen LogP contribution in [0.2, 0.25) is 0 Å². The van der Waals surface area contributed by atoms with Crippen LogP contribution >= 0.6 is 11.8 Å². The third-order valence-electron chi connectivity index (χ3n) is 3.72. The minimum absolute atomic E-state index is 0.282. The van der Waals surface area contributed by atoms with Crippen LogP contribution in [0.4, 0.5) is 4.39 Å². The van der Waals surface area contributed by atoms with Gasteiger partial charge in [0.05, 0.1) is 0 Å². The average molecular weight is 343 g/mol. The monoisotopic (exact) mass is 343 g/mol. The van der Waals surface area contributed by atoms with Gasteiger partial charge in [-0.25, -0.2) is 4.39 Å². The Morgan fingerprint density at radius 3 is 2.58 bits per heavy atom. The molecule has 3 aromatic rings. The Morgan fingerprint density at radius 2 is 1.83 bits per heavy atom. The molecule has 0 aliphatic heterocycles. The number of thioether (sulfide) groups is 1. The van der Waals surface area contributed by atoms with E-state index in [2.05, 4.69) is 29.3 Å². The smallest absolute Gasteiger partial charge is 0.191 e. The van der Waals surface area contributed by atoms with Crippen LogP contribution in [0.1, 0.15) is 17.0 Å². The molecule has 0 fully saturated rings. The largest absolute Gasteiger partial charge is 0.486 e. The maximum Gasteiger partial charge on any atom is 0.191 e. The van der Waals surface area contributed by atoms with Crippen molar-refractivity contribution < 1.29 is 9.13 Å². The van der Waals surface area contributed by atoms with Crippen LogP contribution in [0.25, 0.3) is 0 Å². The van der Waals surface area contributed by atoms with E-state index < -0.39 is 0 Å². The third kappa shape index (κ3) is 3.94. The standard InChI is InChI=1S/C18H18FN3OS/c1-13-5-3-4-6-14(13)12-24-18-21-20-17(22(18)2)11-23-16-9-7-15(19)8-10-16/h3-10H,11-12H2,1-2H3. The van der Waals surface area contributed by atoms with Crippen LogP contribution in [-0.2, 0) is 19.4 Å². The molecule has 0 radical (unpaired) electrons. The maximum atomic E-state index is 12.9. The quantitative estimate of drug-likeness (QED) is 0.631. The van der Waals surface area contributed by atoms with Crippen molar-refractivity contribution in [2.45, 2.75) is 24.4 Å². The Bertz CT molecular complexity index is 817. The lowest BCUT2D eigenvalue weighted by Gasteiger charge is -2.07. The maximum absolute atomic E-state index is 12.9. The molecule has 0 amide bonds. The van der Waals surface area contributed by atoms with Crippen molar-refractivity contribution in [1.82, 2.24) is 14.8 Å². The lowest BCUT2D eigenvalue weighted by atomic mass is 10.1. The summed E-state index contributed by atoms with van der Waals surface area (Å²) in [6.07, 6.45) is 0. The molecule has 124 valence electrons. The van der Waals surface area contributed by atoms with Gasteiger partial charge in [-0.3, -0.25) is 0 Å². The van der Waals surface area contributed by atoms with Gasteiger partial charge < -0.3 is 9.30 Å². The first-order valence-corrected chi connectivity index (χ1v) is 8.56. The van der Waals surface area contributed by atoms with Gasteiger partial charge in [0.2, 0.25) is 0 Å². The van der Waals surface area contributed by atoms with Crippen LogP contribution in [-0.4, -0.2) is 14.8 Å². The van der Waals surface area contributed by atoms with Gasteiger partial charge in [0.1, 0.15) is 18.2 Å². The van der Waals surface area contributed by atoms with E-state index in [4.69, 9.17) is 4.74 Å². The van der Waals surface area contributed by atoms with Gasteiger partial charge >= 0.3 is 0 Å². The van der Waals surface area contributed by atoms with Crippen LogP contribution in [0.15, 0.2) is 53.7 Å². The van der Waals surface area contributed by atoms with Gasteiger partial charge in [-0.1, -0.05) is 36.0 Å². The van der Waals surface area contributed by atoms with E-state index in [1.165, 1.54) is 23.3 Å². The zero-order valence-electron chi connectivity index (χ0n) is 13.6. The van der Waals surface area contributed by atoms with E-state index in [-0.39, 0.29) is 5.82 Å². The highest BCUT2D eigenvalue weighted by molar-refractivity contribution is 7.98. The van der Waals surface area contributed by atoms with Gasteiger partial charge in [0.15, 0.2) is 11.0 Å². The molecule has 24 heavy (non-hydrogen) atoms. The Labute approximate surface area is 144 Å². The number of ether oxygens (including phenoxy) is 1. The molecule has 0 unspecified atom stereocenters. The zero-order valence-corrected chi connectivity index (χ0v) is 14.4. The third-order valence-corrected chi connectivity index (χ3v) is 4.79. The van der Waals surface area contributed by atoms with E-state index in [1.54, 1.807) is 23.9 Å². The molecular weight excluding hydrogens is 325 g/mol. The molecule has 6 heteroatoms. The van der Waals surface area contributed by atoms with Gasteiger partial charge in [-0.05, 0) is 42.3 Å². The topological polar surface area (TPSA) is 39.9 Å². The molecule has 3 rings (SSSR count). The summed E-state index contributed by atoms with van der Waals surface area (Å²) in [5.41, 5.74) is 2.56. The van der Waals surface area contributed by atoms with E-state index >= 15 is 0 Å². The highest BCUT2D eigenvalue weighted by Gasteiger charge is 2.10. The molecule has 1 aromatic heterocycles. The Morgan fingerprint density at radius 1 is 1.08 bits per heavy atom.